The van der Waals surface area contributed by atoms with Crippen molar-refractivity contribution in [3.05, 3.63) is 34.5 Å². The summed E-state index contributed by atoms with van der Waals surface area (Å²) in [5, 5.41) is 11.7. The van der Waals surface area contributed by atoms with Crippen molar-refractivity contribution in [3.8, 4) is 0 Å². The highest BCUT2D eigenvalue weighted by Gasteiger charge is 1.92. The summed E-state index contributed by atoms with van der Waals surface area (Å²) in [4.78, 5) is 0. The first-order valence-corrected chi connectivity index (χ1v) is 3.59. The highest BCUT2D eigenvalue weighted by atomic mass is 16.5. The van der Waals surface area contributed by atoms with Crippen LogP contribution in [0.2, 0.25) is 0 Å². The molecule has 0 bridgehead atoms. The van der Waals surface area contributed by atoms with Gasteiger partial charge in [0.15, 0.2) is 0 Å². The number of rotatable bonds is 1. The summed E-state index contributed by atoms with van der Waals surface area (Å²) in [5.74, 6) is 0. The van der Waals surface area contributed by atoms with Gasteiger partial charge in [-0.05, 0) is 44.2 Å². The van der Waals surface area contributed by atoms with Gasteiger partial charge >= 0.3 is 0 Å². The van der Waals surface area contributed by atoms with Crippen molar-refractivity contribution >= 4 is 5.69 Å². The SMILES string of the molecule is Cc1cc(C)cc(N(C)[O-])c1. The van der Waals surface area contributed by atoms with Crippen molar-refractivity contribution in [2.45, 2.75) is 13.8 Å². The average Bonchev–Trinajstić information content (AvgIpc) is 1.85. The van der Waals surface area contributed by atoms with Crippen LogP contribution < -0.4 is 5.06 Å². The summed E-state index contributed by atoms with van der Waals surface area (Å²) >= 11 is 0. The Morgan fingerprint density at radius 3 is 1.91 bits per heavy atom. The van der Waals surface area contributed by atoms with Gasteiger partial charge in [-0.1, -0.05) is 6.07 Å². The van der Waals surface area contributed by atoms with Gasteiger partial charge in [0.05, 0.1) is 0 Å². The number of benzene rings is 1. The lowest BCUT2D eigenvalue weighted by Crippen LogP contribution is -2.05. The number of nitrogens with zero attached hydrogens (tertiary/aromatic N) is 1. The van der Waals surface area contributed by atoms with E-state index in [9.17, 15) is 5.21 Å². The van der Waals surface area contributed by atoms with Gasteiger partial charge in [0.25, 0.3) is 0 Å². The molecule has 2 nitrogen and oxygen atoms in total. The highest BCUT2D eigenvalue weighted by molar-refractivity contribution is 5.50. The molecule has 0 aromatic heterocycles. The first-order chi connectivity index (χ1) is 5.09. The van der Waals surface area contributed by atoms with Crippen molar-refractivity contribution in [1.82, 2.24) is 0 Å². The fraction of sp³-hybridized carbons (Fsp3) is 0.333. The quantitative estimate of drug-likeness (QED) is 0.574. The van der Waals surface area contributed by atoms with Crippen molar-refractivity contribution in [1.29, 1.82) is 0 Å². The van der Waals surface area contributed by atoms with Crippen LogP contribution in [-0.2, 0) is 0 Å². The van der Waals surface area contributed by atoms with Gasteiger partial charge in [-0.25, -0.2) is 0 Å². The van der Waals surface area contributed by atoms with Gasteiger partial charge in [0.1, 0.15) is 0 Å². The molecular weight excluding hydrogens is 138 g/mol. The van der Waals surface area contributed by atoms with Crippen LogP contribution in [0.3, 0.4) is 0 Å². The topological polar surface area (TPSA) is 26.3 Å². The van der Waals surface area contributed by atoms with Crippen LogP contribution in [0.15, 0.2) is 18.2 Å². The van der Waals surface area contributed by atoms with E-state index < -0.39 is 0 Å². The van der Waals surface area contributed by atoms with Crippen LogP contribution in [0.5, 0.6) is 0 Å². The average molecular weight is 150 g/mol. The molecule has 0 aliphatic rings. The summed E-state index contributed by atoms with van der Waals surface area (Å²) in [5.41, 5.74) is 2.98. The molecule has 0 radical (unpaired) electrons. The van der Waals surface area contributed by atoms with Crippen LogP contribution in [0, 0.1) is 19.1 Å². The monoisotopic (exact) mass is 150 g/mol. The zero-order valence-electron chi connectivity index (χ0n) is 7.09. The van der Waals surface area contributed by atoms with Crippen molar-refractivity contribution < 1.29 is 0 Å². The molecule has 0 aliphatic heterocycles. The van der Waals surface area contributed by atoms with E-state index in [2.05, 4.69) is 0 Å². The lowest BCUT2D eigenvalue weighted by atomic mass is 10.1. The Morgan fingerprint density at radius 2 is 1.55 bits per heavy atom. The Bertz CT molecular complexity index is 235. The summed E-state index contributed by atoms with van der Waals surface area (Å²) in [7, 11) is 1.51. The van der Waals surface area contributed by atoms with E-state index in [0.29, 0.717) is 0 Å². The van der Waals surface area contributed by atoms with E-state index in [-0.39, 0.29) is 0 Å². The Hall–Kier alpha value is -1.02. The molecule has 0 fully saturated rings. The maximum atomic E-state index is 10.9. The molecule has 0 aliphatic carbocycles. The van der Waals surface area contributed by atoms with Crippen molar-refractivity contribution in [2.75, 3.05) is 12.1 Å². The molecule has 1 aromatic rings. The van der Waals surface area contributed by atoms with Gasteiger partial charge in [-0.2, -0.15) is 0 Å². The molecule has 0 amide bonds. The van der Waals surface area contributed by atoms with Crippen LogP contribution in [0.1, 0.15) is 11.1 Å². The summed E-state index contributed by atoms with van der Waals surface area (Å²) < 4.78 is 0. The predicted octanol–water partition coefficient (Wildman–Crippen LogP) is 2.24. The lowest BCUT2D eigenvalue weighted by Gasteiger charge is -2.25. The zero-order valence-corrected chi connectivity index (χ0v) is 7.09. The van der Waals surface area contributed by atoms with E-state index >= 15 is 0 Å². The number of hydroxylamine groups is 1. The molecule has 0 N–H and O–H groups in total. The molecule has 60 valence electrons. The maximum absolute atomic E-state index is 10.9. The molecule has 0 unspecified atom stereocenters. The number of hydrogen-bond donors (Lipinski definition) is 0. The van der Waals surface area contributed by atoms with E-state index in [4.69, 9.17) is 0 Å². The predicted molar refractivity (Wildman–Crippen MR) is 47.7 cm³/mol. The van der Waals surface area contributed by atoms with Crippen LogP contribution in [0.25, 0.3) is 0 Å². The Labute approximate surface area is 67.0 Å². The van der Waals surface area contributed by atoms with Crippen LogP contribution in [0.4, 0.5) is 5.69 Å². The molecular formula is C9H12NO-. The number of anilines is 1. The highest BCUT2D eigenvalue weighted by Crippen LogP contribution is 2.16. The first kappa shape index (κ1) is 8.08. The number of hydrogen-bond acceptors (Lipinski definition) is 2. The van der Waals surface area contributed by atoms with E-state index in [1.807, 2.05) is 32.0 Å². The van der Waals surface area contributed by atoms with Crippen molar-refractivity contribution in [3.63, 3.8) is 0 Å². The minimum Gasteiger partial charge on any atom is -0.758 e. The molecule has 0 saturated heterocycles. The molecule has 1 aromatic carbocycles. The normalized spacial score (nSPS) is 9.82. The summed E-state index contributed by atoms with van der Waals surface area (Å²) in [6, 6.07) is 5.80. The van der Waals surface area contributed by atoms with E-state index in [0.717, 1.165) is 21.9 Å². The third kappa shape index (κ3) is 1.95. The second-order valence-electron chi connectivity index (χ2n) is 2.84. The van der Waals surface area contributed by atoms with E-state index in [1.165, 1.54) is 7.05 Å². The molecule has 0 saturated carbocycles. The molecule has 2 heteroatoms. The van der Waals surface area contributed by atoms with Gasteiger partial charge in [0, 0.05) is 5.69 Å². The molecule has 0 heterocycles. The number of aryl methyl sites for hydroxylation is 2. The molecule has 0 atom stereocenters. The van der Waals surface area contributed by atoms with Crippen LogP contribution in [-0.4, -0.2) is 7.05 Å². The standard InChI is InChI=1S/C9H12NO/c1-7-4-8(2)6-9(5-7)10(3)11/h4-6H,1-3H3/q-1. The third-order valence-electron chi connectivity index (χ3n) is 1.57. The third-order valence-corrected chi connectivity index (χ3v) is 1.57. The zero-order chi connectivity index (χ0) is 8.43. The molecule has 1 rings (SSSR count). The first-order valence-electron chi connectivity index (χ1n) is 3.59. The van der Waals surface area contributed by atoms with Gasteiger partial charge in [-0.15, -0.1) is 0 Å². The lowest BCUT2D eigenvalue weighted by molar-refractivity contribution is 1.20. The second-order valence-corrected chi connectivity index (χ2v) is 2.84. The van der Waals surface area contributed by atoms with Gasteiger partial charge in [-0.3, -0.25) is 0 Å². The fourth-order valence-corrected chi connectivity index (χ4v) is 1.13. The van der Waals surface area contributed by atoms with Gasteiger partial charge < -0.3 is 10.3 Å². The maximum Gasteiger partial charge on any atom is 0.0262 e. The Kier molecular flexibility index (Phi) is 2.15. The fourth-order valence-electron chi connectivity index (χ4n) is 1.13. The smallest absolute Gasteiger partial charge is 0.0262 e. The largest absolute Gasteiger partial charge is 0.758 e. The van der Waals surface area contributed by atoms with Crippen molar-refractivity contribution in [2.24, 2.45) is 0 Å². The Balaban J connectivity index is 3.08. The molecule has 11 heavy (non-hydrogen) atoms. The molecule has 0 spiro atoms. The summed E-state index contributed by atoms with van der Waals surface area (Å²) in [6.07, 6.45) is 0. The minimum absolute atomic E-state index is 0.725. The second kappa shape index (κ2) is 2.93. The minimum atomic E-state index is 0.725. The summed E-state index contributed by atoms with van der Waals surface area (Å²) in [6.45, 7) is 3.97. The van der Waals surface area contributed by atoms with E-state index in [1.54, 1.807) is 0 Å². The van der Waals surface area contributed by atoms with Crippen LogP contribution >= 0.6 is 0 Å². The van der Waals surface area contributed by atoms with Gasteiger partial charge in [0.2, 0.25) is 0 Å². The Morgan fingerprint density at radius 1 is 1.09 bits per heavy atom.